The first kappa shape index (κ1) is 15.5. The van der Waals surface area contributed by atoms with Crippen LogP contribution in [0.5, 0.6) is 0 Å². The van der Waals surface area contributed by atoms with E-state index < -0.39 is 0 Å². The minimum absolute atomic E-state index is 0.644. The molecular weight excluding hydrogens is 248 g/mol. The Labute approximate surface area is 123 Å². The van der Waals surface area contributed by atoms with E-state index in [1.165, 1.54) is 25.0 Å². The number of hydrogen-bond donors (Lipinski definition) is 1. The third-order valence-electron chi connectivity index (χ3n) is 4.13. The zero-order valence-corrected chi connectivity index (χ0v) is 13.5. The summed E-state index contributed by atoms with van der Waals surface area (Å²) >= 11 is 0. The van der Waals surface area contributed by atoms with Crippen LogP contribution in [0, 0.1) is 5.92 Å². The first-order chi connectivity index (χ1) is 9.58. The van der Waals surface area contributed by atoms with Crippen LogP contribution in [0.4, 0.5) is 0 Å². The maximum Gasteiger partial charge on any atom is 0.0764 e. The van der Waals surface area contributed by atoms with Crippen LogP contribution in [-0.4, -0.2) is 39.9 Å². The van der Waals surface area contributed by atoms with Gasteiger partial charge in [-0.25, -0.2) is 0 Å². The Morgan fingerprint density at radius 1 is 1.45 bits per heavy atom. The third-order valence-corrected chi connectivity index (χ3v) is 4.13. The predicted molar refractivity (Wildman–Crippen MR) is 83.6 cm³/mol. The number of piperazine rings is 1. The Hall–Kier alpha value is -0.870. The van der Waals surface area contributed by atoms with Crippen molar-refractivity contribution in [3.63, 3.8) is 0 Å². The van der Waals surface area contributed by atoms with Crippen molar-refractivity contribution < 1.29 is 0 Å². The summed E-state index contributed by atoms with van der Waals surface area (Å²) < 4.78 is 1.90. The molecule has 1 aromatic heterocycles. The third kappa shape index (κ3) is 4.32. The van der Waals surface area contributed by atoms with Gasteiger partial charge in [-0.3, -0.25) is 9.58 Å². The summed E-state index contributed by atoms with van der Waals surface area (Å²) in [5.41, 5.74) is 1.19. The van der Waals surface area contributed by atoms with Crippen molar-refractivity contribution in [1.29, 1.82) is 0 Å². The van der Waals surface area contributed by atoms with Gasteiger partial charge in [0.25, 0.3) is 0 Å². The van der Waals surface area contributed by atoms with Crippen LogP contribution in [0.1, 0.15) is 45.7 Å². The van der Waals surface area contributed by atoms with Crippen molar-refractivity contribution in [3.8, 4) is 0 Å². The van der Waals surface area contributed by atoms with Crippen LogP contribution in [0.25, 0.3) is 0 Å². The molecule has 1 aliphatic heterocycles. The number of aromatic nitrogens is 2. The van der Waals surface area contributed by atoms with Crippen LogP contribution in [-0.2, 0) is 13.6 Å². The Kier molecular flexibility index (Phi) is 5.61. The SMILES string of the molecule is CCCC1CN(Cc2ccn(C)n2)C(CC(C)C)CN1. The minimum atomic E-state index is 0.644. The topological polar surface area (TPSA) is 33.1 Å². The molecule has 0 aliphatic carbocycles. The van der Waals surface area contributed by atoms with Crippen molar-refractivity contribution in [2.45, 2.75) is 58.7 Å². The van der Waals surface area contributed by atoms with E-state index in [1.54, 1.807) is 0 Å². The Morgan fingerprint density at radius 2 is 2.25 bits per heavy atom. The zero-order valence-electron chi connectivity index (χ0n) is 13.5. The number of rotatable bonds is 6. The van der Waals surface area contributed by atoms with Gasteiger partial charge in [0, 0.05) is 45.0 Å². The summed E-state index contributed by atoms with van der Waals surface area (Å²) in [4.78, 5) is 2.64. The molecule has 4 nitrogen and oxygen atoms in total. The van der Waals surface area contributed by atoms with Crippen LogP contribution in [0.15, 0.2) is 12.3 Å². The summed E-state index contributed by atoms with van der Waals surface area (Å²) in [5, 5.41) is 8.27. The van der Waals surface area contributed by atoms with Gasteiger partial charge in [0.1, 0.15) is 0 Å². The lowest BCUT2D eigenvalue weighted by Gasteiger charge is -2.41. The summed E-state index contributed by atoms with van der Waals surface area (Å²) in [5.74, 6) is 0.746. The first-order valence-electron chi connectivity index (χ1n) is 8.04. The number of aryl methyl sites for hydroxylation is 1. The summed E-state index contributed by atoms with van der Waals surface area (Å²) in [6.45, 7) is 10.2. The fourth-order valence-electron chi connectivity index (χ4n) is 3.20. The summed E-state index contributed by atoms with van der Waals surface area (Å²) in [6.07, 6.45) is 5.83. The molecule has 20 heavy (non-hydrogen) atoms. The van der Waals surface area contributed by atoms with E-state index in [0.717, 1.165) is 25.6 Å². The van der Waals surface area contributed by atoms with Crippen molar-refractivity contribution in [3.05, 3.63) is 18.0 Å². The van der Waals surface area contributed by atoms with Gasteiger partial charge >= 0.3 is 0 Å². The molecule has 1 aromatic rings. The maximum atomic E-state index is 4.54. The molecule has 2 rings (SSSR count). The van der Waals surface area contributed by atoms with Crippen LogP contribution in [0.3, 0.4) is 0 Å². The molecule has 114 valence electrons. The molecule has 0 amide bonds. The van der Waals surface area contributed by atoms with Crippen molar-refractivity contribution in [1.82, 2.24) is 20.0 Å². The zero-order chi connectivity index (χ0) is 14.5. The molecule has 0 aromatic carbocycles. The van der Waals surface area contributed by atoms with Gasteiger partial charge in [0.2, 0.25) is 0 Å². The lowest BCUT2D eigenvalue weighted by atomic mass is 9.97. The first-order valence-corrected chi connectivity index (χ1v) is 8.04. The van der Waals surface area contributed by atoms with E-state index in [-0.39, 0.29) is 0 Å². The number of nitrogens with one attached hydrogen (secondary N) is 1. The van der Waals surface area contributed by atoms with Gasteiger partial charge in [0.05, 0.1) is 5.69 Å². The molecule has 1 fully saturated rings. The van der Waals surface area contributed by atoms with E-state index >= 15 is 0 Å². The Balaban J connectivity index is 2.00. The highest BCUT2D eigenvalue weighted by molar-refractivity contribution is 5.00. The monoisotopic (exact) mass is 278 g/mol. The van der Waals surface area contributed by atoms with Crippen molar-refractivity contribution in [2.24, 2.45) is 13.0 Å². The molecule has 4 heteroatoms. The van der Waals surface area contributed by atoms with Gasteiger partial charge in [-0.1, -0.05) is 27.2 Å². The van der Waals surface area contributed by atoms with E-state index in [1.807, 2.05) is 17.9 Å². The Bertz CT molecular complexity index is 399. The quantitative estimate of drug-likeness (QED) is 0.867. The standard InChI is InChI=1S/C16H30N4/c1-5-6-14-11-20(12-15-7-8-19(4)18-15)16(10-17-14)9-13(2)3/h7-8,13-14,16-17H,5-6,9-12H2,1-4H3. The maximum absolute atomic E-state index is 4.54. The average Bonchev–Trinajstić information content (AvgIpc) is 2.78. The lowest BCUT2D eigenvalue weighted by Crippen LogP contribution is -2.56. The predicted octanol–water partition coefficient (Wildman–Crippen LogP) is 2.41. The van der Waals surface area contributed by atoms with Crippen LogP contribution in [0.2, 0.25) is 0 Å². The normalized spacial score (nSPS) is 24.4. The van der Waals surface area contributed by atoms with Crippen molar-refractivity contribution in [2.75, 3.05) is 13.1 Å². The van der Waals surface area contributed by atoms with Gasteiger partial charge in [0.15, 0.2) is 0 Å². The largest absolute Gasteiger partial charge is 0.311 e. The van der Waals surface area contributed by atoms with Crippen molar-refractivity contribution >= 4 is 0 Å². The molecule has 0 saturated carbocycles. The van der Waals surface area contributed by atoms with E-state index in [2.05, 4.69) is 42.2 Å². The molecule has 0 bridgehead atoms. The summed E-state index contributed by atoms with van der Waals surface area (Å²) in [6, 6.07) is 3.43. The fraction of sp³-hybridized carbons (Fsp3) is 0.812. The smallest absolute Gasteiger partial charge is 0.0764 e. The molecule has 0 radical (unpaired) electrons. The second kappa shape index (κ2) is 7.23. The highest BCUT2D eigenvalue weighted by Gasteiger charge is 2.28. The highest BCUT2D eigenvalue weighted by Crippen LogP contribution is 2.19. The van der Waals surface area contributed by atoms with E-state index in [9.17, 15) is 0 Å². The minimum Gasteiger partial charge on any atom is -0.311 e. The van der Waals surface area contributed by atoms with Gasteiger partial charge in [-0.05, 0) is 24.8 Å². The van der Waals surface area contributed by atoms with Gasteiger partial charge in [-0.2, -0.15) is 5.10 Å². The molecule has 2 atom stereocenters. The van der Waals surface area contributed by atoms with Crippen LogP contribution < -0.4 is 5.32 Å². The van der Waals surface area contributed by atoms with Gasteiger partial charge < -0.3 is 5.32 Å². The average molecular weight is 278 g/mol. The summed E-state index contributed by atoms with van der Waals surface area (Å²) in [7, 11) is 1.99. The van der Waals surface area contributed by atoms with Crippen LogP contribution >= 0.6 is 0 Å². The molecule has 2 unspecified atom stereocenters. The highest BCUT2D eigenvalue weighted by atomic mass is 15.3. The second-order valence-corrected chi connectivity index (χ2v) is 6.59. The van der Waals surface area contributed by atoms with E-state index in [0.29, 0.717) is 12.1 Å². The second-order valence-electron chi connectivity index (χ2n) is 6.59. The number of hydrogen-bond acceptors (Lipinski definition) is 3. The molecular formula is C16H30N4. The van der Waals surface area contributed by atoms with Gasteiger partial charge in [-0.15, -0.1) is 0 Å². The molecule has 1 N–H and O–H groups in total. The molecule has 1 aliphatic rings. The molecule has 1 saturated heterocycles. The fourth-order valence-corrected chi connectivity index (χ4v) is 3.20. The number of nitrogens with zero attached hydrogens (tertiary/aromatic N) is 3. The Morgan fingerprint density at radius 3 is 2.85 bits per heavy atom. The van der Waals surface area contributed by atoms with E-state index in [4.69, 9.17) is 0 Å². The molecule has 2 heterocycles. The molecule has 0 spiro atoms. The lowest BCUT2D eigenvalue weighted by molar-refractivity contribution is 0.102.